The van der Waals surface area contributed by atoms with Gasteiger partial charge in [0, 0.05) is 35.5 Å². The van der Waals surface area contributed by atoms with Crippen LogP contribution < -0.4 is 14.8 Å². The van der Waals surface area contributed by atoms with Gasteiger partial charge in [0.05, 0.1) is 19.3 Å². The number of hydrogen-bond donors (Lipinski definition) is 1. The van der Waals surface area contributed by atoms with Crippen molar-refractivity contribution in [2.75, 3.05) is 13.2 Å². The zero-order chi connectivity index (χ0) is 22.7. The molecule has 6 nitrogen and oxygen atoms in total. The van der Waals surface area contributed by atoms with E-state index in [4.69, 9.17) is 9.47 Å². The summed E-state index contributed by atoms with van der Waals surface area (Å²) in [6.07, 6.45) is 3.08. The number of Topliss-reactive ketones (excluding diaryl/α,β-unsaturated/α-hetero) is 1. The van der Waals surface area contributed by atoms with Gasteiger partial charge in [-0.1, -0.05) is 45.0 Å². The minimum absolute atomic E-state index is 0.0765. The number of para-hydroxylation sites is 1. The van der Waals surface area contributed by atoms with Crippen molar-refractivity contribution in [1.82, 2.24) is 9.88 Å². The first kappa shape index (κ1) is 21.9. The highest BCUT2D eigenvalue weighted by Crippen LogP contribution is 2.34. The molecule has 1 atom stereocenters. The first-order valence-electron chi connectivity index (χ1n) is 11.3. The SMILES string of the molecule is CCC(=O)c1cn(CC(=O)N[C@H](c2ccc3c(c2)OCCCO3)C(C)C)c2ccccc12. The Bertz CT molecular complexity index is 1130. The van der Waals surface area contributed by atoms with E-state index in [1.165, 1.54) is 0 Å². The summed E-state index contributed by atoms with van der Waals surface area (Å²) in [5, 5.41) is 4.06. The number of ketones is 1. The van der Waals surface area contributed by atoms with Crippen LogP contribution in [0.15, 0.2) is 48.7 Å². The molecular weight excluding hydrogens is 404 g/mol. The van der Waals surface area contributed by atoms with E-state index in [1.54, 1.807) is 6.20 Å². The van der Waals surface area contributed by atoms with E-state index in [2.05, 4.69) is 19.2 Å². The van der Waals surface area contributed by atoms with Crippen molar-refractivity contribution in [3.8, 4) is 11.5 Å². The van der Waals surface area contributed by atoms with Crippen LogP contribution in [0.3, 0.4) is 0 Å². The lowest BCUT2D eigenvalue weighted by atomic mass is 9.95. The number of nitrogens with one attached hydrogen (secondary N) is 1. The number of fused-ring (bicyclic) bond motifs is 2. The van der Waals surface area contributed by atoms with Gasteiger partial charge < -0.3 is 19.4 Å². The minimum atomic E-state index is -0.168. The topological polar surface area (TPSA) is 69.6 Å². The standard InChI is InChI=1S/C26H30N2O4/c1-4-22(29)20-15-28(21-9-6-5-8-19(20)21)16-25(30)27-26(17(2)3)18-10-11-23-24(14-18)32-13-7-12-31-23/h5-6,8-11,14-15,17,26H,4,7,12-13,16H2,1-3H3,(H,27,30)/t26-/m0/s1. The second-order valence-electron chi connectivity index (χ2n) is 8.51. The number of rotatable bonds is 7. The van der Waals surface area contributed by atoms with Crippen molar-refractivity contribution in [2.45, 2.75) is 46.2 Å². The fraction of sp³-hybridized carbons (Fsp3) is 0.385. The summed E-state index contributed by atoms with van der Waals surface area (Å²) in [7, 11) is 0. The minimum Gasteiger partial charge on any atom is -0.490 e. The summed E-state index contributed by atoms with van der Waals surface area (Å²) in [6.45, 7) is 7.42. The first-order chi connectivity index (χ1) is 15.5. The Morgan fingerprint density at radius 2 is 1.81 bits per heavy atom. The third kappa shape index (κ3) is 4.49. The van der Waals surface area contributed by atoms with Crippen LogP contribution in [-0.4, -0.2) is 29.5 Å². The Labute approximate surface area is 188 Å². The first-order valence-corrected chi connectivity index (χ1v) is 11.3. The molecule has 32 heavy (non-hydrogen) atoms. The van der Waals surface area contributed by atoms with Crippen LogP contribution in [0, 0.1) is 5.92 Å². The van der Waals surface area contributed by atoms with E-state index < -0.39 is 0 Å². The van der Waals surface area contributed by atoms with Crippen molar-refractivity contribution >= 4 is 22.6 Å². The molecule has 6 heteroatoms. The van der Waals surface area contributed by atoms with Crippen molar-refractivity contribution in [2.24, 2.45) is 5.92 Å². The lowest BCUT2D eigenvalue weighted by molar-refractivity contribution is -0.122. The molecule has 0 spiro atoms. The molecule has 3 aromatic rings. The van der Waals surface area contributed by atoms with Crippen LogP contribution in [0.2, 0.25) is 0 Å². The number of nitrogens with zero attached hydrogens (tertiary/aromatic N) is 1. The van der Waals surface area contributed by atoms with E-state index in [9.17, 15) is 9.59 Å². The molecule has 0 radical (unpaired) electrons. The Hall–Kier alpha value is -3.28. The van der Waals surface area contributed by atoms with E-state index in [-0.39, 0.29) is 30.2 Å². The Kier molecular flexibility index (Phi) is 6.49. The second kappa shape index (κ2) is 9.47. The van der Waals surface area contributed by atoms with Gasteiger partial charge in [-0.3, -0.25) is 9.59 Å². The van der Waals surface area contributed by atoms with Crippen LogP contribution >= 0.6 is 0 Å². The van der Waals surface area contributed by atoms with Gasteiger partial charge in [-0.2, -0.15) is 0 Å². The van der Waals surface area contributed by atoms with Crippen molar-refractivity contribution in [3.05, 3.63) is 59.8 Å². The highest BCUT2D eigenvalue weighted by Gasteiger charge is 2.22. The molecule has 1 amide bonds. The Morgan fingerprint density at radius 3 is 2.56 bits per heavy atom. The van der Waals surface area contributed by atoms with E-state index in [0.717, 1.165) is 34.4 Å². The maximum absolute atomic E-state index is 13.1. The molecule has 1 N–H and O–H groups in total. The molecule has 168 valence electrons. The molecule has 1 aliphatic rings. The van der Waals surface area contributed by atoms with Crippen molar-refractivity contribution < 1.29 is 19.1 Å². The maximum atomic E-state index is 13.1. The van der Waals surface area contributed by atoms with Crippen LogP contribution in [0.5, 0.6) is 11.5 Å². The molecule has 0 bridgehead atoms. The smallest absolute Gasteiger partial charge is 0.240 e. The molecule has 2 heterocycles. The zero-order valence-corrected chi connectivity index (χ0v) is 18.9. The van der Waals surface area contributed by atoms with Gasteiger partial charge in [0.15, 0.2) is 17.3 Å². The Morgan fingerprint density at radius 1 is 1.06 bits per heavy atom. The van der Waals surface area contributed by atoms with Crippen LogP contribution in [0.1, 0.15) is 55.6 Å². The molecule has 0 saturated carbocycles. The summed E-state index contributed by atoms with van der Waals surface area (Å²) in [5.41, 5.74) is 2.53. The molecule has 2 aromatic carbocycles. The molecule has 0 aliphatic carbocycles. The van der Waals surface area contributed by atoms with Gasteiger partial charge >= 0.3 is 0 Å². The van der Waals surface area contributed by atoms with E-state index in [0.29, 0.717) is 25.2 Å². The molecule has 0 unspecified atom stereocenters. The number of aromatic nitrogens is 1. The van der Waals surface area contributed by atoms with Gasteiger partial charge in [0.2, 0.25) is 5.91 Å². The third-order valence-electron chi connectivity index (χ3n) is 5.84. The third-order valence-corrected chi connectivity index (χ3v) is 5.84. The van der Waals surface area contributed by atoms with Crippen molar-refractivity contribution in [1.29, 1.82) is 0 Å². The monoisotopic (exact) mass is 434 g/mol. The van der Waals surface area contributed by atoms with E-state index >= 15 is 0 Å². The average molecular weight is 435 g/mol. The molecular formula is C26H30N2O4. The largest absolute Gasteiger partial charge is 0.490 e. The number of ether oxygens (including phenoxy) is 2. The molecule has 0 saturated heterocycles. The number of hydrogen-bond acceptors (Lipinski definition) is 4. The van der Waals surface area contributed by atoms with Crippen molar-refractivity contribution in [3.63, 3.8) is 0 Å². The molecule has 4 rings (SSSR count). The van der Waals surface area contributed by atoms with Crippen LogP contribution in [0.25, 0.3) is 10.9 Å². The van der Waals surface area contributed by atoms with Crippen LogP contribution in [-0.2, 0) is 11.3 Å². The maximum Gasteiger partial charge on any atom is 0.240 e. The van der Waals surface area contributed by atoms with Gasteiger partial charge in [-0.05, 0) is 29.7 Å². The summed E-state index contributed by atoms with van der Waals surface area (Å²) in [6, 6.07) is 13.4. The lowest BCUT2D eigenvalue weighted by Crippen LogP contribution is -2.34. The fourth-order valence-corrected chi connectivity index (χ4v) is 4.17. The highest BCUT2D eigenvalue weighted by molar-refractivity contribution is 6.08. The summed E-state index contributed by atoms with van der Waals surface area (Å²) >= 11 is 0. The summed E-state index contributed by atoms with van der Waals surface area (Å²) in [5.74, 6) is 1.62. The number of carbonyl (C=O) groups is 2. The summed E-state index contributed by atoms with van der Waals surface area (Å²) < 4.78 is 13.4. The number of amides is 1. The zero-order valence-electron chi connectivity index (χ0n) is 18.9. The predicted molar refractivity (Wildman–Crippen MR) is 124 cm³/mol. The normalized spacial score (nSPS) is 14.2. The average Bonchev–Trinajstić information content (AvgIpc) is 2.98. The predicted octanol–water partition coefficient (Wildman–Crippen LogP) is 4.91. The van der Waals surface area contributed by atoms with Gasteiger partial charge in [0.25, 0.3) is 0 Å². The number of benzene rings is 2. The Balaban J connectivity index is 1.56. The van der Waals surface area contributed by atoms with Gasteiger partial charge in [-0.25, -0.2) is 0 Å². The fourth-order valence-electron chi connectivity index (χ4n) is 4.17. The summed E-state index contributed by atoms with van der Waals surface area (Å²) in [4.78, 5) is 25.4. The molecule has 1 aliphatic heterocycles. The van der Waals surface area contributed by atoms with Gasteiger partial charge in [0.1, 0.15) is 6.54 Å². The molecule has 0 fully saturated rings. The van der Waals surface area contributed by atoms with Gasteiger partial charge in [-0.15, -0.1) is 0 Å². The number of carbonyl (C=O) groups excluding carboxylic acids is 2. The highest BCUT2D eigenvalue weighted by atomic mass is 16.5. The van der Waals surface area contributed by atoms with E-state index in [1.807, 2.05) is 54.0 Å². The second-order valence-corrected chi connectivity index (χ2v) is 8.51. The lowest BCUT2D eigenvalue weighted by Gasteiger charge is -2.24. The van der Waals surface area contributed by atoms with Crippen LogP contribution in [0.4, 0.5) is 0 Å². The molecule has 1 aromatic heterocycles. The quantitative estimate of drug-likeness (QED) is 0.537.